The van der Waals surface area contributed by atoms with Crippen LogP contribution in [-0.4, -0.2) is 6.04 Å². The Kier molecular flexibility index (Phi) is 5.25. The van der Waals surface area contributed by atoms with Crippen LogP contribution in [0.3, 0.4) is 0 Å². The predicted molar refractivity (Wildman–Crippen MR) is 87.7 cm³/mol. The molecule has 2 rings (SSSR count). The molecule has 2 aromatic carbocycles. The van der Waals surface area contributed by atoms with Crippen molar-refractivity contribution in [3.63, 3.8) is 0 Å². The van der Waals surface area contributed by atoms with E-state index in [1.54, 1.807) is 0 Å². The second-order valence-electron chi connectivity index (χ2n) is 5.07. The molecule has 5 heteroatoms. The van der Waals surface area contributed by atoms with Crippen LogP contribution in [0.2, 0.25) is 5.02 Å². The predicted octanol–water partition coefficient (Wildman–Crippen LogP) is 5.23. The van der Waals surface area contributed by atoms with Gasteiger partial charge in [-0.25, -0.2) is 4.39 Å². The first-order valence-corrected chi connectivity index (χ1v) is 7.71. The van der Waals surface area contributed by atoms with Gasteiger partial charge in [0.1, 0.15) is 17.3 Å². The Morgan fingerprint density at radius 2 is 2.05 bits per heavy atom. The minimum absolute atomic E-state index is 0.0534. The lowest BCUT2D eigenvalue weighted by Crippen LogP contribution is -2.18. The Balaban J connectivity index is 2.24. The van der Waals surface area contributed by atoms with Gasteiger partial charge in [-0.05, 0) is 65.5 Å². The van der Waals surface area contributed by atoms with E-state index >= 15 is 0 Å². The molecule has 0 fully saturated rings. The SMILES string of the molecule is Cc1cc(Oc2cc(F)c(Cl)cc2Br)ccc1CC(C)N. The van der Waals surface area contributed by atoms with E-state index in [9.17, 15) is 4.39 Å². The highest BCUT2D eigenvalue weighted by Crippen LogP contribution is 2.34. The maximum absolute atomic E-state index is 13.5. The molecule has 0 aliphatic rings. The number of rotatable bonds is 4. The summed E-state index contributed by atoms with van der Waals surface area (Å²) in [5.41, 5.74) is 8.09. The summed E-state index contributed by atoms with van der Waals surface area (Å²) in [4.78, 5) is 0. The van der Waals surface area contributed by atoms with Gasteiger partial charge in [0.25, 0.3) is 0 Å². The molecule has 0 amide bonds. The second-order valence-corrected chi connectivity index (χ2v) is 6.33. The average Bonchev–Trinajstić information content (AvgIpc) is 2.39. The van der Waals surface area contributed by atoms with E-state index < -0.39 is 5.82 Å². The average molecular weight is 373 g/mol. The van der Waals surface area contributed by atoms with Gasteiger partial charge in [-0.15, -0.1) is 0 Å². The number of hydrogen-bond donors (Lipinski definition) is 1. The van der Waals surface area contributed by atoms with Crippen LogP contribution in [0.4, 0.5) is 4.39 Å². The van der Waals surface area contributed by atoms with Crippen molar-refractivity contribution in [3.8, 4) is 11.5 Å². The summed E-state index contributed by atoms with van der Waals surface area (Å²) in [5.74, 6) is 0.514. The lowest BCUT2D eigenvalue weighted by Gasteiger charge is -2.12. The normalized spacial score (nSPS) is 12.3. The van der Waals surface area contributed by atoms with Gasteiger partial charge in [0.2, 0.25) is 0 Å². The van der Waals surface area contributed by atoms with Gasteiger partial charge < -0.3 is 10.5 Å². The van der Waals surface area contributed by atoms with Gasteiger partial charge in [0, 0.05) is 12.1 Å². The first-order chi connectivity index (χ1) is 9.86. The molecule has 1 atom stereocenters. The Hall–Kier alpha value is -1.10. The fourth-order valence-electron chi connectivity index (χ4n) is 2.02. The number of aryl methyl sites for hydroxylation is 1. The van der Waals surface area contributed by atoms with Crippen molar-refractivity contribution in [1.82, 2.24) is 0 Å². The molecule has 21 heavy (non-hydrogen) atoms. The van der Waals surface area contributed by atoms with E-state index in [2.05, 4.69) is 15.9 Å². The fourth-order valence-corrected chi connectivity index (χ4v) is 2.74. The van der Waals surface area contributed by atoms with Crippen LogP contribution in [-0.2, 0) is 6.42 Å². The molecule has 0 radical (unpaired) electrons. The molecule has 0 spiro atoms. The zero-order chi connectivity index (χ0) is 15.6. The molecule has 0 aromatic heterocycles. The van der Waals surface area contributed by atoms with E-state index in [1.807, 2.05) is 32.0 Å². The van der Waals surface area contributed by atoms with Crippen molar-refractivity contribution in [2.75, 3.05) is 0 Å². The van der Waals surface area contributed by atoms with Gasteiger partial charge in [-0.1, -0.05) is 17.7 Å². The summed E-state index contributed by atoms with van der Waals surface area (Å²) < 4.78 is 19.8. The van der Waals surface area contributed by atoms with Crippen LogP contribution in [0.5, 0.6) is 11.5 Å². The zero-order valence-electron chi connectivity index (χ0n) is 11.8. The largest absolute Gasteiger partial charge is 0.456 e. The third-order valence-electron chi connectivity index (χ3n) is 3.06. The minimum Gasteiger partial charge on any atom is -0.456 e. The molecule has 0 bridgehead atoms. The van der Waals surface area contributed by atoms with E-state index in [4.69, 9.17) is 22.1 Å². The van der Waals surface area contributed by atoms with Crippen molar-refractivity contribution < 1.29 is 9.13 Å². The minimum atomic E-state index is -0.514. The second kappa shape index (κ2) is 6.77. The number of nitrogens with two attached hydrogens (primary N) is 1. The summed E-state index contributed by atoms with van der Waals surface area (Å²) >= 11 is 9.02. The highest BCUT2D eigenvalue weighted by molar-refractivity contribution is 9.10. The van der Waals surface area contributed by atoms with Gasteiger partial charge in [-0.3, -0.25) is 0 Å². The Morgan fingerprint density at radius 3 is 2.67 bits per heavy atom. The van der Waals surface area contributed by atoms with E-state index in [0.29, 0.717) is 16.0 Å². The van der Waals surface area contributed by atoms with Crippen molar-refractivity contribution >= 4 is 27.5 Å². The summed E-state index contributed by atoms with van der Waals surface area (Å²) in [6.45, 7) is 3.97. The van der Waals surface area contributed by atoms with Crippen molar-refractivity contribution in [2.45, 2.75) is 26.3 Å². The van der Waals surface area contributed by atoms with Crippen molar-refractivity contribution in [2.24, 2.45) is 5.73 Å². The molecule has 2 aromatic rings. The number of benzene rings is 2. The van der Waals surface area contributed by atoms with E-state index in [1.165, 1.54) is 17.7 Å². The number of halogens is 3. The van der Waals surface area contributed by atoms with Crippen LogP contribution in [0, 0.1) is 12.7 Å². The van der Waals surface area contributed by atoms with Crippen molar-refractivity contribution in [3.05, 3.63) is 56.8 Å². The first kappa shape index (κ1) is 16.3. The Morgan fingerprint density at radius 1 is 1.33 bits per heavy atom. The topological polar surface area (TPSA) is 35.2 Å². The number of hydrogen-bond acceptors (Lipinski definition) is 2. The molecule has 112 valence electrons. The summed E-state index contributed by atoms with van der Waals surface area (Å²) in [5, 5.41) is 0.0534. The fraction of sp³-hybridized carbons (Fsp3) is 0.250. The van der Waals surface area contributed by atoms with Gasteiger partial charge >= 0.3 is 0 Å². The van der Waals surface area contributed by atoms with E-state index in [0.717, 1.165) is 12.0 Å². The third kappa shape index (κ3) is 4.19. The molecular formula is C16H16BrClFNO. The third-order valence-corrected chi connectivity index (χ3v) is 3.97. The molecule has 0 heterocycles. The summed E-state index contributed by atoms with van der Waals surface area (Å²) in [6.07, 6.45) is 0.811. The monoisotopic (exact) mass is 371 g/mol. The molecule has 0 aliphatic carbocycles. The smallest absolute Gasteiger partial charge is 0.145 e. The van der Waals surface area contributed by atoms with Crippen LogP contribution < -0.4 is 10.5 Å². The standard InChI is InChI=1S/C16H16BrClFNO/c1-9-5-12(4-3-11(9)6-10(2)20)21-16-8-15(19)14(18)7-13(16)17/h3-5,7-8,10H,6,20H2,1-2H3. The van der Waals surface area contributed by atoms with Crippen LogP contribution >= 0.6 is 27.5 Å². The molecule has 1 unspecified atom stereocenters. The van der Waals surface area contributed by atoms with Crippen LogP contribution in [0.1, 0.15) is 18.1 Å². The van der Waals surface area contributed by atoms with Crippen LogP contribution in [0.25, 0.3) is 0 Å². The maximum Gasteiger partial charge on any atom is 0.145 e. The van der Waals surface area contributed by atoms with E-state index in [-0.39, 0.29) is 11.1 Å². The molecule has 0 saturated carbocycles. The molecular weight excluding hydrogens is 357 g/mol. The zero-order valence-corrected chi connectivity index (χ0v) is 14.1. The Labute approximate surface area is 137 Å². The van der Waals surface area contributed by atoms with Gasteiger partial charge in [-0.2, -0.15) is 0 Å². The Bertz CT molecular complexity index is 661. The van der Waals surface area contributed by atoms with Gasteiger partial charge in [0.05, 0.1) is 9.50 Å². The molecule has 2 nitrogen and oxygen atoms in total. The van der Waals surface area contributed by atoms with Gasteiger partial charge in [0.15, 0.2) is 0 Å². The summed E-state index contributed by atoms with van der Waals surface area (Å²) in [7, 11) is 0. The maximum atomic E-state index is 13.5. The summed E-state index contributed by atoms with van der Waals surface area (Å²) in [6, 6.07) is 8.59. The van der Waals surface area contributed by atoms with Crippen LogP contribution in [0.15, 0.2) is 34.8 Å². The molecule has 2 N–H and O–H groups in total. The lowest BCUT2D eigenvalue weighted by molar-refractivity contribution is 0.473. The number of ether oxygens (including phenoxy) is 1. The highest BCUT2D eigenvalue weighted by Gasteiger charge is 2.10. The highest BCUT2D eigenvalue weighted by atomic mass is 79.9. The first-order valence-electron chi connectivity index (χ1n) is 6.54. The quantitative estimate of drug-likeness (QED) is 0.746. The molecule has 0 saturated heterocycles. The van der Waals surface area contributed by atoms with Crippen molar-refractivity contribution in [1.29, 1.82) is 0 Å². The lowest BCUT2D eigenvalue weighted by atomic mass is 10.0. The molecule has 0 aliphatic heterocycles.